The number of carbonyl (C=O) groups excluding carboxylic acids is 4. The molecular weight excluding hydrogens is 396 g/mol. The van der Waals surface area contributed by atoms with Crippen molar-refractivity contribution in [2.75, 3.05) is 18.4 Å². The fourth-order valence-corrected chi connectivity index (χ4v) is 3.96. The highest BCUT2D eigenvalue weighted by atomic mass is 16.2. The zero-order valence-electron chi connectivity index (χ0n) is 17.7. The van der Waals surface area contributed by atoms with Gasteiger partial charge in [0.05, 0.1) is 27.9 Å². The quantitative estimate of drug-likeness (QED) is 0.768. The van der Waals surface area contributed by atoms with Crippen LogP contribution in [0.3, 0.4) is 0 Å². The van der Waals surface area contributed by atoms with Gasteiger partial charge in [-0.1, -0.05) is 24.3 Å². The van der Waals surface area contributed by atoms with Crippen molar-refractivity contribution in [3.8, 4) is 0 Å². The van der Waals surface area contributed by atoms with Crippen LogP contribution in [0.5, 0.6) is 0 Å². The molecule has 0 radical (unpaired) electrons. The fourth-order valence-electron chi connectivity index (χ4n) is 3.96. The Balaban J connectivity index is 1.54. The number of para-hydroxylation sites is 1. The zero-order chi connectivity index (χ0) is 22.3. The van der Waals surface area contributed by atoms with Crippen molar-refractivity contribution in [1.82, 2.24) is 14.9 Å². The highest BCUT2D eigenvalue weighted by Crippen LogP contribution is 2.29. The second kappa shape index (κ2) is 7.54. The highest BCUT2D eigenvalue weighted by Gasteiger charge is 2.40. The Bertz CT molecular complexity index is 1050. The van der Waals surface area contributed by atoms with Crippen molar-refractivity contribution < 1.29 is 19.2 Å². The fraction of sp³-hybridized carbons (Fsp3) is 0.304. The van der Waals surface area contributed by atoms with E-state index in [9.17, 15) is 19.2 Å². The normalized spacial score (nSPS) is 16.3. The van der Waals surface area contributed by atoms with Crippen LogP contribution < -0.4 is 5.32 Å². The topological polar surface area (TPSA) is 90.0 Å². The van der Waals surface area contributed by atoms with E-state index in [2.05, 4.69) is 5.32 Å². The van der Waals surface area contributed by atoms with Crippen LogP contribution >= 0.6 is 0 Å². The molecule has 160 valence electrons. The summed E-state index contributed by atoms with van der Waals surface area (Å²) < 4.78 is 0. The molecule has 31 heavy (non-hydrogen) atoms. The van der Waals surface area contributed by atoms with Crippen LogP contribution in [0.15, 0.2) is 48.5 Å². The second-order valence-electron chi connectivity index (χ2n) is 8.55. The lowest BCUT2D eigenvalue weighted by Gasteiger charge is -2.42. The van der Waals surface area contributed by atoms with Gasteiger partial charge < -0.3 is 5.32 Å². The average Bonchev–Trinajstić information content (AvgIpc) is 2.90. The summed E-state index contributed by atoms with van der Waals surface area (Å²) >= 11 is 0. The van der Waals surface area contributed by atoms with E-state index in [1.165, 1.54) is 14.9 Å². The van der Waals surface area contributed by atoms with Gasteiger partial charge in [-0.2, -0.15) is 0 Å². The van der Waals surface area contributed by atoms with Crippen LogP contribution in [0.25, 0.3) is 0 Å². The summed E-state index contributed by atoms with van der Waals surface area (Å²) in [6.45, 7) is 5.86. The molecule has 2 heterocycles. The van der Waals surface area contributed by atoms with Gasteiger partial charge in [-0.15, -0.1) is 0 Å². The van der Waals surface area contributed by atoms with Crippen LogP contribution in [0, 0.1) is 0 Å². The number of nitrogens with zero attached hydrogens (tertiary/aromatic N) is 3. The van der Waals surface area contributed by atoms with Crippen molar-refractivity contribution >= 4 is 29.4 Å². The van der Waals surface area contributed by atoms with Gasteiger partial charge in [0.15, 0.2) is 0 Å². The number of rotatable bonds is 4. The van der Waals surface area contributed by atoms with Crippen LogP contribution in [-0.4, -0.2) is 57.3 Å². The van der Waals surface area contributed by atoms with E-state index in [1.54, 1.807) is 48.5 Å². The monoisotopic (exact) mass is 420 g/mol. The molecule has 0 fully saturated rings. The number of benzene rings is 2. The number of urea groups is 1. The second-order valence-corrected chi connectivity index (χ2v) is 8.55. The highest BCUT2D eigenvalue weighted by molar-refractivity contribution is 6.21. The minimum atomic E-state index is -0.665. The van der Waals surface area contributed by atoms with E-state index in [4.69, 9.17) is 0 Å². The third-order valence-corrected chi connectivity index (χ3v) is 5.33. The Morgan fingerprint density at radius 3 is 1.87 bits per heavy atom. The van der Waals surface area contributed by atoms with Gasteiger partial charge in [0.1, 0.15) is 0 Å². The smallest absolute Gasteiger partial charge is 0.306 e. The van der Waals surface area contributed by atoms with Gasteiger partial charge >= 0.3 is 6.03 Å². The molecule has 0 saturated carbocycles. The molecule has 0 atom stereocenters. The molecule has 2 aromatic rings. The summed E-state index contributed by atoms with van der Waals surface area (Å²) in [4.78, 5) is 52.6. The van der Waals surface area contributed by atoms with E-state index in [0.717, 1.165) is 0 Å². The van der Waals surface area contributed by atoms with Gasteiger partial charge in [0.2, 0.25) is 0 Å². The number of hydrogen-bond donors (Lipinski definition) is 1. The average molecular weight is 420 g/mol. The van der Waals surface area contributed by atoms with E-state index >= 15 is 0 Å². The molecule has 2 aliphatic rings. The van der Waals surface area contributed by atoms with Crippen molar-refractivity contribution in [1.29, 1.82) is 0 Å². The number of imide groups is 1. The first-order valence-corrected chi connectivity index (χ1v) is 10.2. The third-order valence-electron chi connectivity index (χ3n) is 5.33. The van der Waals surface area contributed by atoms with E-state index in [0.29, 0.717) is 28.8 Å². The van der Waals surface area contributed by atoms with E-state index in [-0.39, 0.29) is 30.8 Å². The first kappa shape index (κ1) is 20.6. The lowest BCUT2D eigenvalue weighted by atomic mass is 10.1. The molecule has 0 aliphatic carbocycles. The molecule has 1 N–H and O–H groups in total. The lowest BCUT2D eigenvalue weighted by molar-refractivity contribution is -0.0293. The first-order valence-electron chi connectivity index (χ1n) is 10.2. The number of amides is 5. The predicted molar refractivity (Wildman–Crippen MR) is 115 cm³/mol. The van der Waals surface area contributed by atoms with Gasteiger partial charge in [0.25, 0.3) is 17.7 Å². The number of carbonyl (C=O) groups is 4. The zero-order valence-corrected chi connectivity index (χ0v) is 17.7. The van der Waals surface area contributed by atoms with E-state index < -0.39 is 11.6 Å². The standard InChI is InChI=1S/C23H24N4O4/c1-23(2,3)27-21(30)17-11-6-7-12-18(17)24-22(31)26(27)14-8-13-25-19(28)15-9-4-5-10-16(15)20(25)29/h4-7,9-12H,8,13-14H2,1-3H3,(H,24,31). The van der Waals surface area contributed by atoms with Crippen molar-refractivity contribution in [2.45, 2.75) is 32.7 Å². The number of hydrazine groups is 1. The van der Waals surface area contributed by atoms with Crippen LogP contribution in [-0.2, 0) is 0 Å². The van der Waals surface area contributed by atoms with Crippen molar-refractivity contribution in [3.05, 3.63) is 65.2 Å². The number of anilines is 1. The maximum atomic E-state index is 13.3. The van der Waals surface area contributed by atoms with Crippen LogP contribution in [0.1, 0.15) is 58.3 Å². The first-order chi connectivity index (χ1) is 14.7. The maximum Gasteiger partial charge on any atom is 0.340 e. The van der Waals surface area contributed by atoms with Crippen LogP contribution in [0.2, 0.25) is 0 Å². The lowest BCUT2D eigenvalue weighted by Crippen LogP contribution is -2.58. The molecule has 2 aromatic carbocycles. The van der Waals surface area contributed by atoms with E-state index in [1.807, 2.05) is 20.8 Å². The number of hydrogen-bond acceptors (Lipinski definition) is 4. The Kier molecular flexibility index (Phi) is 5.00. The van der Waals surface area contributed by atoms with Gasteiger partial charge in [-0.05, 0) is 51.5 Å². The summed E-state index contributed by atoms with van der Waals surface area (Å²) in [6, 6.07) is 13.2. The third kappa shape index (κ3) is 3.54. The maximum absolute atomic E-state index is 13.3. The van der Waals surface area contributed by atoms with Gasteiger partial charge in [-0.3, -0.25) is 19.3 Å². The molecule has 5 amide bonds. The molecule has 0 unspecified atom stereocenters. The van der Waals surface area contributed by atoms with Crippen molar-refractivity contribution in [3.63, 3.8) is 0 Å². The molecule has 4 rings (SSSR count). The molecule has 8 nitrogen and oxygen atoms in total. The summed E-state index contributed by atoms with van der Waals surface area (Å²) in [7, 11) is 0. The summed E-state index contributed by atoms with van der Waals surface area (Å²) in [5, 5.41) is 5.59. The minimum absolute atomic E-state index is 0.148. The molecule has 2 aliphatic heterocycles. The Morgan fingerprint density at radius 2 is 1.29 bits per heavy atom. The summed E-state index contributed by atoms with van der Waals surface area (Å²) in [5.74, 6) is -0.962. The Hall–Kier alpha value is -3.68. The van der Waals surface area contributed by atoms with Gasteiger partial charge in [-0.25, -0.2) is 14.8 Å². The molecule has 0 saturated heterocycles. The van der Waals surface area contributed by atoms with Gasteiger partial charge in [0, 0.05) is 13.1 Å². The summed E-state index contributed by atoms with van der Waals surface area (Å²) in [6.07, 6.45) is 0.328. The predicted octanol–water partition coefficient (Wildman–Crippen LogP) is 3.38. The Labute approximate surface area is 180 Å². The summed E-state index contributed by atoms with van der Waals surface area (Å²) in [5.41, 5.74) is 0.980. The SMILES string of the molecule is CC(C)(C)N1C(=O)c2ccccc2NC(=O)N1CCCN1C(=O)c2ccccc2C1=O. The number of fused-ring (bicyclic) bond motifs is 2. The molecule has 8 heteroatoms. The molecule has 0 bridgehead atoms. The largest absolute Gasteiger partial charge is 0.340 e. The van der Waals surface area contributed by atoms with Crippen molar-refractivity contribution in [2.24, 2.45) is 0 Å². The molecular formula is C23H24N4O4. The molecule has 0 spiro atoms. The van der Waals surface area contributed by atoms with Crippen LogP contribution in [0.4, 0.5) is 10.5 Å². The minimum Gasteiger partial charge on any atom is -0.306 e. The molecule has 0 aromatic heterocycles. The Morgan fingerprint density at radius 1 is 0.742 bits per heavy atom. The number of nitrogens with one attached hydrogen (secondary N) is 1.